The first kappa shape index (κ1) is 12.8. The molecule has 0 fully saturated rings. The van der Waals surface area contributed by atoms with Crippen LogP contribution in [0.15, 0.2) is 18.2 Å². The number of nitrogens with one attached hydrogen (secondary N) is 1. The number of rotatable bonds is 5. The van der Waals surface area contributed by atoms with Crippen LogP contribution in [-0.4, -0.2) is 5.91 Å². The van der Waals surface area contributed by atoms with E-state index in [-0.39, 0.29) is 5.91 Å². The minimum Gasteiger partial charge on any atom is -0.326 e. The van der Waals surface area contributed by atoms with Crippen molar-refractivity contribution < 1.29 is 4.79 Å². The first-order valence-corrected chi connectivity index (χ1v) is 6.06. The highest BCUT2D eigenvalue weighted by atomic mass is 16.1. The van der Waals surface area contributed by atoms with Gasteiger partial charge < -0.3 is 5.32 Å². The van der Waals surface area contributed by atoms with Crippen LogP contribution in [0, 0.1) is 0 Å². The standard InChI is InChI=1S/C14H21NO/c1-4-6-12-8-9-13(7-5-2)14(10-12)15-11(3)16/h8-10H,4-7H2,1-3H3,(H,15,16). The number of aryl methyl sites for hydroxylation is 2. The number of hydrogen-bond donors (Lipinski definition) is 1. The van der Waals surface area contributed by atoms with Gasteiger partial charge in [-0.2, -0.15) is 0 Å². The number of hydrogen-bond acceptors (Lipinski definition) is 1. The number of amides is 1. The number of carbonyl (C=O) groups is 1. The Morgan fingerprint density at radius 2 is 1.88 bits per heavy atom. The summed E-state index contributed by atoms with van der Waals surface area (Å²) in [4.78, 5) is 11.1. The molecular weight excluding hydrogens is 198 g/mol. The van der Waals surface area contributed by atoms with E-state index in [0.29, 0.717) is 0 Å². The van der Waals surface area contributed by atoms with Crippen LogP contribution in [0.4, 0.5) is 5.69 Å². The molecule has 1 aromatic carbocycles. The zero-order chi connectivity index (χ0) is 12.0. The van der Waals surface area contributed by atoms with Crippen molar-refractivity contribution in [3.05, 3.63) is 29.3 Å². The van der Waals surface area contributed by atoms with Gasteiger partial charge in [-0.25, -0.2) is 0 Å². The summed E-state index contributed by atoms with van der Waals surface area (Å²) in [6.45, 7) is 5.87. The molecule has 0 aliphatic rings. The maximum Gasteiger partial charge on any atom is 0.221 e. The van der Waals surface area contributed by atoms with Crippen molar-refractivity contribution in [2.24, 2.45) is 0 Å². The van der Waals surface area contributed by atoms with E-state index in [0.717, 1.165) is 31.4 Å². The van der Waals surface area contributed by atoms with Gasteiger partial charge in [0.25, 0.3) is 0 Å². The van der Waals surface area contributed by atoms with E-state index in [9.17, 15) is 4.79 Å². The molecule has 0 unspecified atom stereocenters. The van der Waals surface area contributed by atoms with Crippen LogP contribution in [0.5, 0.6) is 0 Å². The second-order valence-corrected chi connectivity index (χ2v) is 4.17. The summed E-state index contributed by atoms with van der Waals surface area (Å²) >= 11 is 0. The van der Waals surface area contributed by atoms with Crippen LogP contribution < -0.4 is 5.32 Å². The molecule has 0 aliphatic heterocycles. The van der Waals surface area contributed by atoms with Crippen molar-refractivity contribution in [3.63, 3.8) is 0 Å². The molecule has 0 aromatic heterocycles. The molecule has 1 aromatic rings. The Bertz CT molecular complexity index is 358. The molecule has 1 rings (SSSR count). The Labute approximate surface area is 98.1 Å². The average molecular weight is 219 g/mol. The highest BCUT2D eigenvalue weighted by molar-refractivity contribution is 5.89. The molecule has 0 aliphatic carbocycles. The normalized spacial score (nSPS) is 10.2. The molecule has 88 valence electrons. The second kappa shape index (κ2) is 6.31. The van der Waals surface area contributed by atoms with E-state index in [1.807, 2.05) is 0 Å². The molecule has 2 heteroatoms. The van der Waals surface area contributed by atoms with Crippen LogP contribution in [0.2, 0.25) is 0 Å². The highest BCUT2D eigenvalue weighted by Crippen LogP contribution is 2.20. The lowest BCUT2D eigenvalue weighted by Gasteiger charge is -2.11. The van der Waals surface area contributed by atoms with Gasteiger partial charge in [0, 0.05) is 12.6 Å². The van der Waals surface area contributed by atoms with Gasteiger partial charge in [-0.1, -0.05) is 38.8 Å². The fourth-order valence-electron chi connectivity index (χ4n) is 1.86. The quantitative estimate of drug-likeness (QED) is 0.806. The lowest BCUT2D eigenvalue weighted by Crippen LogP contribution is -2.08. The van der Waals surface area contributed by atoms with Gasteiger partial charge in [-0.3, -0.25) is 4.79 Å². The molecule has 0 atom stereocenters. The molecule has 0 bridgehead atoms. The third-order valence-electron chi connectivity index (χ3n) is 2.54. The van der Waals surface area contributed by atoms with Crippen molar-refractivity contribution in [3.8, 4) is 0 Å². The van der Waals surface area contributed by atoms with Crippen LogP contribution in [0.25, 0.3) is 0 Å². The van der Waals surface area contributed by atoms with Crippen molar-refractivity contribution in [1.82, 2.24) is 0 Å². The fraction of sp³-hybridized carbons (Fsp3) is 0.500. The van der Waals surface area contributed by atoms with E-state index in [1.54, 1.807) is 6.92 Å². The van der Waals surface area contributed by atoms with Crippen molar-refractivity contribution in [2.45, 2.75) is 46.5 Å². The van der Waals surface area contributed by atoms with E-state index < -0.39 is 0 Å². The van der Waals surface area contributed by atoms with Crippen LogP contribution >= 0.6 is 0 Å². The van der Waals surface area contributed by atoms with E-state index in [4.69, 9.17) is 0 Å². The molecule has 0 radical (unpaired) electrons. The molecule has 1 amide bonds. The Kier molecular flexibility index (Phi) is 5.03. The third kappa shape index (κ3) is 3.69. The Morgan fingerprint density at radius 1 is 1.19 bits per heavy atom. The SMILES string of the molecule is CCCc1ccc(CCC)c(NC(C)=O)c1. The Hall–Kier alpha value is -1.31. The van der Waals surface area contributed by atoms with Gasteiger partial charge in [-0.05, 0) is 30.0 Å². The average Bonchev–Trinajstić information content (AvgIpc) is 2.22. The van der Waals surface area contributed by atoms with Crippen LogP contribution in [0.3, 0.4) is 0 Å². The van der Waals surface area contributed by atoms with Gasteiger partial charge >= 0.3 is 0 Å². The minimum absolute atomic E-state index is 0.00556. The third-order valence-corrected chi connectivity index (χ3v) is 2.54. The summed E-state index contributed by atoms with van der Waals surface area (Å²) in [5.41, 5.74) is 3.52. The summed E-state index contributed by atoms with van der Waals surface area (Å²) in [5, 5.41) is 2.92. The first-order valence-electron chi connectivity index (χ1n) is 6.06. The summed E-state index contributed by atoms with van der Waals surface area (Å²) in [7, 11) is 0. The maximum absolute atomic E-state index is 11.1. The largest absolute Gasteiger partial charge is 0.326 e. The first-order chi connectivity index (χ1) is 7.67. The van der Waals surface area contributed by atoms with Crippen molar-refractivity contribution in [2.75, 3.05) is 5.32 Å². The predicted octanol–water partition coefficient (Wildman–Crippen LogP) is 3.55. The van der Waals surface area contributed by atoms with Crippen molar-refractivity contribution in [1.29, 1.82) is 0 Å². The Balaban J connectivity index is 2.95. The van der Waals surface area contributed by atoms with Gasteiger partial charge in [0.15, 0.2) is 0 Å². The topological polar surface area (TPSA) is 29.1 Å². The molecular formula is C14H21NO. The molecule has 0 heterocycles. The number of anilines is 1. The summed E-state index contributed by atoms with van der Waals surface area (Å²) in [6.07, 6.45) is 4.31. The number of carbonyl (C=O) groups excluding carboxylic acids is 1. The molecule has 16 heavy (non-hydrogen) atoms. The molecule has 0 saturated heterocycles. The number of benzene rings is 1. The lowest BCUT2D eigenvalue weighted by atomic mass is 10.0. The van der Waals surface area contributed by atoms with E-state index in [1.165, 1.54) is 11.1 Å². The van der Waals surface area contributed by atoms with E-state index in [2.05, 4.69) is 37.4 Å². The smallest absolute Gasteiger partial charge is 0.221 e. The Morgan fingerprint density at radius 3 is 2.44 bits per heavy atom. The van der Waals surface area contributed by atoms with Gasteiger partial charge in [-0.15, -0.1) is 0 Å². The predicted molar refractivity (Wildman–Crippen MR) is 68.7 cm³/mol. The highest BCUT2D eigenvalue weighted by Gasteiger charge is 2.04. The van der Waals surface area contributed by atoms with Crippen LogP contribution in [-0.2, 0) is 17.6 Å². The molecule has 0 saturated carbocycles. The van der Waals surface area contributed by atoms with Crippen molar-refractivity contribution >= 4 is 11.6 Å². The van der Waals surface area contributed by atoms with Gasteiger partial charge in [0.2, 0.25) is 5.91 Å². The molecule has 0 spiro atoms. The maximum atomic E-state index is 11.1. The van der Waals surface area contributed by atoms with E-state index >= 15 is 0 Å². The van der Waals surface area contributed by atoms with Gasteiger partial charge in [0.05, 0.1) is 0 Å². The second-order valence-electron chi connectivity index (χ2n) is 4.17. The van der Waals surface area contributed by atoms with Crippen LogP contribution in [0.1, 0.15) is 44.7 Å². The monoisotopic (exact) mass is 219 g/mol. The van der Waals surface area contributed by atoms with Gasteiger partial charge in [0.1, 0.15) is 0 Å². The summed E-state index contributed by atoms with van der Waals surface area (Å²) < 4.78 is 0. The summed E-state index contributed by atoms with van der Waals surface area (Å²) in [6, 6.07) is 6.41. The fourth-order valence-corrected chi connectivity index (χ4v) is 1.86. The molecule has 2 nitrogen and oxygen atoms in total. The lowest BCUT2D eigenvalue weighted by molar-refractivity contribution is -0.114. The zero-order valence-electron chi connectivity index (χ0n) is 10.5. The molecule has 1 N–H and O–H groups in total. The minimum atomic E-state index is 0.00556. The zero-order valence-corrected chi connectivity index (χ0v) is 10.5. The summed E-state index contributed by atoms with van der Waals surface area (Å²) in [5.74, 6) is 0.00556.